The van der Waals surface area contributed by atoms with Crippen molar-refractivity contribution in [3.05, 3.63) is 70.6 Å². The Hall–Kier alpha value is -3.17. The first-order valence-electron chi connectivity index (χ1n) is 8.10. The number of amides is 3. The van der Waals surface area contributed by atoms with Crippen LogP contribution in [0, 0.1) is 0 Å². The Morgan fingerprint density at radius 2 is 1.82 bits per heavy atom. The quantitative estimate of drug-likeness (QED) is 0.556. The van der Waals surface area contributed by atoms with Crippen LogP contribution in [0.5, 0.6) is 5.75 Å². The Morgan fingerprint density at radius 1 is 1.14 bits per heavy atom. The third kappa shape index (κ3) is 4.56. The third-order valence-electron chi connectivity index (χ3n) is 3.62. The lowest BCUT2D eigenvalue weighted by molar-refractivity contribution is -0.123. The molecule has 1 aliphatic heterocycles. The van der Waals surface area contributed by atoms with Crippen molar-refractivity contribution in [2.24, 2.45) is 5.73 Å². The summed E-state index contributed by atoms with van der Waals surface area (Å²) in [6.07, 6.45) is 1.59. The number of primary amides is 1. The van der Waals surface area contributed by atoms with E-state index < -0.39 is 17.7 Å². The van der Waals surface area contributed by atoms with Gasteiger partial charge in [0.05, 0.1) is 4.91 Å². The minimum absolute atomic E-state index is 0.205. The van der Waals surface area contributed by atoms with Gasteiger partial charge in [-0.25, -0.2) is 0 Å². The Balaban J connectivity index is 1.78. The smallest absolute Gasteiger partial charge is 0.285 e. The zero-order valence-corrected chi connectivity index (χ0v) is 16.1. The summed E-state index contributed by atoms with van der Waals surface area (Å²) in [5.74, 6) is -1.10. The number of nitrogens with zero attached hydrogens (tertiary/aromatic N) is 1. The van der Waals surface area contributed by atoms with Gasteiger partial charge in [-0.15, -0.1) is 0 Å². The second-order valence-electron chi connectivity index (χ2n) is 5.62. The molecular weight excluding hydrogens is 398 g/mol. The van der Waals surface area contributed by atoms with Gasteiger partial charge in [0, 0.05) is 11.1 Å². The molecule has 0 bridgehead atoms. The van der Waals surface area contributed by atoms with Gasteiger partial charge >= 0.3 is 0 Å². The van der Waals surface area contributed by atoms with E-state index in [1.165, 1.54) is 0 Å². The zero-order chi connectivity index (χ0) is 20.1. The summed E-state index contributed by atoms with van der Waals surface area (Å²) < 4.78 is 5.57. The number of rotatable bonds is 6. The topological polar surface area (TPSA) is 102 Å². The Bertz CT molecular complexity index is 976. The summed E-state index contributed by atoms with van der Waals surface area (Å²) in [4.78, 5) is 36.2. The highest BCUT2D eigenvalue weighted by Crippen LogP contribution is 2.33. The number of thioether (sulfide) groups is 1. The standard InChI is InChI=1S/C19H15N3O4S2/c20-16(23)11-26-14-9-5-4-8-13(14)10-15-18(25)22(19(27)28-15)21-17(24)12-6-2-1-3-7-12/h1-10H,11H2,(H2,20,23)(H,21,24). The number of nitrogens with one attached hydrogen (secondary N) is 1. The normalized spacial score (nSPS) is 15.0. The summed E-state index contributed by atoms with van der Waals surface area (Å²) in [5, 5.41) is 1.04. The number of nitrogens with two attached hydrogens (primary N) is 1. The number of hydrazine groups is 1. The van der Waals surface area contributed by atoms with Gasteiger partial charge in [0.2, 0.25) is 0 Å². The van der Waals surface area contributed by atoms with Crippen LogP contribution in [0.4, 0.5) is 0 Å². The number of ether oxygens (including phenoxy) is 1. The molecule has 9 heteroatoms. The maximum atomic E-state index is 12.7. The van der Waals surface area contributed by atoms with Crippen LogP contribution in [-0.2, 0) is 9.59 Å². The van der Waals surface area contributed by atoms with E-state index in [2.05, 4.69) is 5.43 Å². The minimum atomic E-state index is -0.607. The fourth-order valence-corrected chi connectivity index (χ4v) is 3.51. The molecule has 0 spiro atoms. The molecule has 142 valence electrons. The molecule has 0 saturated carbocycles. The SMILES string of the molecule is NC(=O)COc1ccccc1C=C1SC(=S)N(NC(=O)c2ccccc2)C1=O. The zero-order valence-electron chi connectivity index (χ0n) is 14.5. The summed E-state index contributed by atoms with van der Waals surface area (Å²) in [5.41, 5.74) is 8.61. The van der Waals surface area contributed by atoms with Gasteiger partial charge < -0.3 is 10.5 Å². The number of benzene rings is 2. The molecule has 3 rings (SSSR count). The molecule has 0 atom stereocenters. The van der Waals surface area contributed by atoms with Crippen LogP contribution in [0.25, 0.3) is 6.08 Å². The molecule has 1 saturated heterocycles. The van der Waals surface area contributed by atoms with E-state index in [0.29, 0.717) is 21.8 Å². The number of hydrogen-bond acceptors (Lipinski definition) is 6. The van der Waals surface area contributed by atoms with Crippen LogP contribution in [0.15, 0.2) is 59.5 Å². The number of thiocarbonyl (C=S) groups is 1. The Kier molecular flexibility index (Phi) is 6.07. The lowest BCUT2D eigenvalue weighted by atomic mass is 10.2. The van der Waals surface area contributed by atoms with Gasteiger partial charge in [-0.2, -0.15) is 5.01 Å². The van der Waals surface area contributed by atoms with Crippen molar-refractivity contribution in [1.82, 2.24) is 10.4 Å². The molecule has 2 aromatic carbocycles. The molecule has 3 N–H and O–H groups in total. The maximum Gasteiger partial charge on any atom is 0.285 e. The number of carbonyl (C=O) groups is 3. The summed E-state index contributed by atoms with van der Waals surface area (Å²) in [6, 6.07) is 15.4. The molecule has 0 aliphatic carbocycles. The largest absolute Gasteiger partial charge is 0.483 e. The number of hydrogen-bond donors (Lipinski definition) is 2. The van der Waals surface area contributed by atoms with Crippen LogP contribution >= 0.6 is 24.0 Å². The van der Waals surface area contributed by atoms with Gasteiger partial charge in [-0.1, -0.05) is 48.2 Å². The van der Waals surface area contributed by atoms with Crippen LogP contribution in [0.3, 0.4) is 0 Å². The highest BCUT2D eigenvalue weighted by Gasteiger charge is 2.34. The van der Waals surface area contributed by atoms with Gasteiger partial charge in [0.25, 0.3) is 17.7 Å². The van der Waals surface area contributed by atoms with E-state index >= 15 is 0 Å². The summed E-state index contributed by atoms with van der Waals surface area (Å²) in [6.45, 7) is -0.279. The predicted molar refractivity (Wildman–Crippen MR) is 110 cm³/mol. The first-order chi connectivity index (χ1) is 13.5. The molecule has 1 aliphatic rings. The van der Waals surface area contributed by atoms with E-state index in [-0.39, 0.29) is 10.9 Å². The van der Waals surface area contributed by atoms with Gasteiger partial charge in [0.1, 0.15) is 5.75 Å². The molecule has 0 radical (unpaired) electrons. The first kappa shape index (κ1) is 19.6. The monoisotopic (exact) mass is 413 g/mol. The fourth-order valence-electron chi connectivity index (χ4n) is 2.34. The highest BCUT2D eigenvalue weighted by atomic mass is 32.2. The molecule has 7 nitrogen and oxygen atoms in total. The number of carbonyl (C=O) groups excluding carboxylic acids is 3. The molecule has 0 aromatic heterocycles. The second-order valence-corrected chi connectivity index (χ2v) is 7.29. The highest BCUT2D eigenvalue weighted by molar-refractivity contribution is 8.26. The molecule has 1 heterocycles. The van der Waals surface area contributed by atoms with Crippen LogP contribution < -0.4 is 15.9 Å². The van der Waals surface area contributed by atoms with Crippen molar-refractivity contribution in [1.29, 1.82) is 0 Å². The molecule has 0 unspecified atom stereocenters. The van der Waals surface area contributed by atoms with Gasteiger partial charge in [-0.05, 0) is 36.5 Å². The van der Waals surface area contributed by atoms with Crippen molar-refractivity contribution in [2.75, 3.05) is 6.61 Å². The predicted octanol–water partition coefficient (Wildman–Crippen LogP) is 2.10. The van der Waals surface area contributed by atoms with Crippen LogP contribution in [0.2, 0.25) is 0 Å². The van der Waals surface area contributed by atoms with Crippen molar-refractivity contribution < 1.29 is 19.1 Å². The molecule has 1 fully saturated rings. The first-order valence-corrected chi connectivity index (χ1v) is 9.32. The Labute approximate surface area is 170 Å². The van der Waals surface area contributed by atoms with E-state index in [1.54, 1.807) is 60.7 Å². The summed E-state index contributed by atoms with van der Waals surface area (Å²) >= 11 is 6.27. The van der Waals surface area contributed by atoms with Crippen molar-refractivity contribution in [3.8, 4) is 5.75 Å². The molecule has 2 aromatic rings. The minimum Gasteiger partial charge on any atom is -0.483 e. The Morgan fingerprint density at radius 3 is 2.54 bits per heavy atom. The second kappa shape index (κ2) is 8.68. The lowest BCUT2D eigenvalue weighted by Gasteiger charge is -2.15. The van der Waals surface area contributed by atoms with Crippen molar-refractivity contribution in [3.63, 3.8) is 0 Å². The van der Waals surface area contributed by atoms with E-state index in [4.69, 9.17) is 22.7 Å². The lowest BCUT2D eigenvalue weighted by Crippen LogP contribution is -2.44. The van der Waals surface area contributed by atoms with E-state index in [1.807, 2.05) is 0 Å². The molecule has 28 heavy (non-hydrogen) atoms. The third-order valence-corrected chi connectivity index (χ3v) is 4.92. The van der Waals surface area contributed by atoms with Gasteiger partial charge in [0.15, 0.2) is 10.9 Å². The van der Waals surface area contributed by atoms with Crippen molar-refractivity contribution in [2.45, 2.75) is 0 Å². The van der Waals surface area contributed by atoms with Gasteiger partial charge in [-0.3, -0.25) is 19.8 Å². The average molecular weight is 413 g/mol. The fraction of sp³-hybridized carbons (Fsp3) is 0.0526. The summed E-state index contributed by atoms with van der Waals surface area (Å²) in [7, 11) is 0. The van der Waals surface area contributed by atoms with Crippen LogP contribution in [-0.4, -0.2) is 33.7 Å². The molecule has 3 amide bonds. The van der Waals surface area contributed by atoms with Crippen molar-refractivity contribution >= 4 is 52.1 Å². The van der Waals surface area contributed by atoms with E-state index in [0.717, 1.165) is 16.8 Å². The number of para-hydroxylation sites is 1. The molecular formula is C19H15N3O4S2. The average Bonchev–Trinajstić information content (AvgIpc) is 2.95. The van der Waals surface area contributed by atoms with Crippen LogP contribution in [0.1, 0.15) is 15.9 Å². The maximum absolute atomic E-state index is 12.7. The van der Waals surface area contributed by atoms with E-state index in [9.17, 15) is 14.4 Å².